The highest BCUT2D eigenvalue weighted by Crippen LogP contribution is 2.16. The minimum absolute atomic E-state index is 0.0770. The number of aliphatic hydroxyl groups excluding tert-OH is 2. The molecule has 0 heterocycles. The molecule has 0 spiro atoms. The average Bonchev–Trinajstić information content (AvgIpc) is 3.19. The number of hydrogen-bond acceptors (Lipinski definition) is 3. The van der Waals surface area contributed by atoms with Crippen LogP contribution in [0, 0.1) is 0 Å². The van der Waals surface area contributed by atoms with Crippen molar-refractivity contribution in [2.24, 2.45) is 0 Å². The number of aliphatic hydroxyl groups is 2. The molecule has 322 valence electrons. The van der Waals surface area contributed by atoms with Gasteiger partial charge < -0.3 is 15.5 Å². The zero-order valence-corrected chi connectivity index (χ0v) is 36.9. The molecule has 0 aliphatic carbocycles. The molecule has 0 aromatic carbocycles. The molecule has 0 aromatic rings. The van der Waals surface area contributed by atoms with E-state index in [0.29, 0.717) is 6.42 Å². The SMILES string of the molecule is CCCCC/C=C\C=C/CCCCCCCCCCCCC(=O)NC(CO)C(O)/C=C/CC/C=C/CCCCCCCCCCCCCCCCCCCC. The maximum atomic E-state index is 12.4. The second-order valence-electron chi connectivity index (χ2n) is 16.5. The zero-order valence-electron chi connectivity index (χ0n) is 36.9. The Morgan fingerprint density at radius 2 is 0.764 bits per heavy atom. The van der Waals surface area contributed by atoms with E-state index >= 15 is 0 Å². The monoisotopic (exact) mass is 770 g/mol. The Bertz CT molecular complexity index is 877. The highest BCUT2D eigenvalue weighted by atomic mass is 16.3. The Labute approximate surface area is 344 Å². The smallest absolute Gasteiger partial charge is 0.220 e. The maximum absolute atomic E-state index is 12.4. The van der Waals surface area contributed by atoms with Crippen LogP contribution in [-0.2, 0) is 4.79 Å². The van der Waals surface area contributed by atoms with Crippen molar-refractivity contribution in [3.05, 3.63) is 48.6 Å². The van der Waals surface area contributed by atoms with Gasteiger partial charge in [-0.05, 0) is 57.8 Å². The van der Waals surface area contributed by atoms with Crippen LogP contribution in [0.25, 0.3) is 0 Å². The van der Waals surface area contributed by atoms with Gasteiger partial charge in [-0.2, -0.15) is 0 Å². The third-order valence-corrected chi connectivity index (χ3v) is 11.1. The first-order valence-electron chi connectivity index (χ1n) is 24.4. The molecule has 0 saturated carbocycles. The second kappa shape index (κ2) is 46.7. The summed E-state index contributed by atoms with van der Waals surface area (Å²) in [5, 5.41) is 23.1. The number of unbranched alkanes of at least 4 members (excludes halogenated alkanes) is 32. The van der Waals surface area contributed by atoms with Crippen molar-refractivity contribution in [2.75, 3.05) is 6.61 Å². The van der Waals surface area contributed by atoms with Crippen LogP contribution in [0.1, 0.15) is 251 Å². The largest absolute Gasteiger partial charge is 0.394 e. The van der Waals surface area contributed by atoms with Crippen molar-refractivity contribution < 1.29 is 15.0 Å². The van der Waals surface area contributed by atoms with E-state index in [0.717, 1.165) is 32.1 Å². The standard InChI is InChI=1S/C51H95NO3/c1-3-5-7-9-11-13-15-17-19-21-23-24-25-26-27-29-30-32-34-36-38-40-42-44-46-50(54)49(48-53)52-51(55)47-45-43-41-39-37-35-33-31-28-22-20-18-16-14-12-10-8-6-4-2/h12,14,16,18,36,38,44,46,49-50,53-54H,3-11,13,15,17,19-35,37,39-43,45,47-48H2,1-2H3,(H,52,55)/b14-12-,18-16-,38-36+,46-44+. The lowest BCUT2D eigenvalue weighted by Gasteiger charge is -2.19. The third-order valence-electron chi connectivity index (χ3n) is 11.1. The molecule has 4 nitrogen and oxygen atoms in total. The summed E-state index contributed by atoms with van der Waals surface area (Å²) in [6.07, 6.45) is 63.8. The van der Waals surface area contributed by atoms with E-state index in [9.17, 15) is 15.0 Å². The third kappa shape index (κ3) is 43.3. The fraction of sp³-hybridized carbons (Fsp3) is 0.824. The summed E-state index contributed by atoms with van der Waals surface area (Å²) < 4.78 is 0. The Hall–Kier alpha value is -1.65. The van der Waals surface area contributed by atoms with Gasteiger partial charge in [0.25, 0.3) is 0 Å². The molecule has 0 fully saturated rings. The van der Waals surface area contributed by atoms with E-state index in [1.165, 1.54) is 199 Å². The first kappa shape index (κ1) is 53.4. The fourth-order valence-corrected chi connectivity index (χ4v) is 7.30. The Balaban J connectivity index is 3.58. The lowest BCUT2D eigenvalue weighted by molar-refractivity contribution is -0.123. The molecule has 2 unspecified atom stereocenters. The number of allylic oxidation sites excluding steroid dienone is 7. The molecule has 0 saturated heterocycles. The van der Waals surface area contributed by atoms with Gasteiger partial charge in [0.1, 0.15) is 0 Å². The molecular formula is C51H95NO3. The van der Waals surface area contributed by atoms with Gasteiger partial charge in [-0.1, -0.05) is 236 Å². The average molecular weight is 770 g/mol. The maximum Gasteiger partial charge on any atom is 0.220 e. The van der Waals surface area contributed by atoms with Crippen LogP contribution in [0.4, 0.5) is 0 Å². The van der Waals surface area contributed by atoms with Crippen molar-refractivity contribution in [1.29, 1.82) is 0 Å². The summed E-state index contributed by atoms with van der Waals surface area (Å²) in [6.45, 7) is 4.28. The predicted molar refractivity (Wildman–Crippen MR) is 244 cm³/mol. The van der Waals surface area contributed by atoms with E-state index in [-0.39, 0.29) is 12.5 Å². The van der Waals surface area contributed by atoms with Gasteiger partial charge in [0.05, 0.1) is 18.8 Å². The van der Waals surface area contributed by atoms with E-state index in [1.807, 2.05) is 6.08 Å². The van der Waals surface area contributed by atoms with E-state index < -0.39 is 12.1 Å². The Morgan fingerprint density at radius 3 is 1.20 bits per heavy atom. The molecule has 2 atom stereocenters. The van der Waals surface area contributed by atoms with Crippen LogP contribution in [0.2, 0.25) is 0 Å². The first-order chi connectivity index (χ1) is 27.2. The minimum atomic E-state index is -0.864. The van der Waals surface area contributed by atoms with Gasteiger partial charge in [0, 0.05) is 6.42 Å². The number of amides is 1. The van der Waals surface area contributed by atoms with Crippen molar-refractivity contribution in [3.8, 4) is 0 Å². The van der Waals surface area contributed by atoms with Crippen molar-refractivity contribution >= 4 is 5.91 Å². The molecular weight excluding hydrogens is 675 g/mol. The lowest BCUT2D eigenvalue weighted by Crippen LogP contribution is -2.45. The number of nitrogens with one attached hydrogen (secondary N) is 1. The molecule has 0 aliphatic heterocycles. The summed E-state index contributed by atoms with van der Waals surface area (Å²) in [5.74, 6) is -0.0770. The van der Waals surface area contributed by atoms with E-state index in [4.69, 9.17) is 0 Å². The van der Waals surface area contributed by atoms with Crippen molar-refractivity contribution in [3.63, 3.8) is 0 Å². The van der Waals surface area contributed by atoms with Crippen molar-refractivity contribution in [1.82, 2.24) is 5.32 Å². The number of hydrogen-bond donors (Lipinski definition) is 3. The normalized spacial score (nSPS) is 13.3. The molecule has 0 aromatic heterocycles. The molecule has 0 rings (SSSR count). The minimum Gasteiger partial charge on any atom is -0.394 e. The van der Waals surface area contributed by atoms with Crippen LogP contribution in [0.3, 0.4) is 0 Å². The summed E-state index contributed by atoms with van der Waals surface area (Å²) >= 11 is 0. The molecule has 0 bridgehead atoms. The van der Waals surface area contributed by atoms with Crippen LogP contribution in [0.15, 0.2) is 48.6 Å². The van der Waals surface area contributed by atoms with Gasteiger partial charge >= 0.3 is 0 Å². The van der Waals surface area contributed by atoms with Gasteiger partial charge in [0.15, 0.2) is 0 Å². The first-order valence-corrected chi connectivity index (χ1v) is 24.4. The quantitative estimate of drug-likeness (QED) is 0.0328. The fourth-order valence-electron chi connectivity index (χ4n) is 7.30. The number of carbonyl (C=O) groups is 1. The zero-order chi connectivity index (χ0) is 40.0. The van der Waals surface area contributed by atoms with E-state index in [2.05, 4.69) is 55.6 Å². The summed E-state index contributed by atoms with van der Waals surface area (Å²) in [6, 6.07) is -0.642. The van der Waals surface area contributed by atoms with Gasteiger partial charge in [0.2, 0.25) is 5.91 Å². The highest BCUT2D eigenvalue weighted by molar-refractivity contribution is 5.76. The lowest BCUT2D eigenvalue weighted by atomic mass is 10.0. The predicted octanol–water partition coefficient (Wildman–Crippen LogP) is 15.5. The molecule has 0 radical (unpaired) electrons. The van der Waals surface area contributed by atoms with Gasteiger partial charge in [-0.15, -0.1) is 0 Å². The Kier molecular flexibility index (Phi) is 45.3. The molecule has 0 aliphatic rings. The summed E-state index contributed by atoms with van der Waals surface area (Å²) in [7, 11) is 0. The molecule has 55 heavy (non-hydrogen) atoms. The van der Waals surface area contributed by atoms with Gasteiger partial charge in [-0.3, -0.25) is 4.79 Å². The Morgan fingerprint density at radius 1 is 0.436 bits per heavy atom. The molecule has 1 amide bonds. The topological polar surface area (TPSA) is 69.6 Å². The van der Waals surface area contributed by atoms with Crippen LogP contribution in [0.5, 0.6) is 0 Å². The van der Waals surface area contributed by atoms with Crippen LogP contribution in [-0.4, -0.2) is 34.9 Å². The van der Waals surface area contributed by atoms with Crippen LogP contribution < -0.4 is 5.32 Å². The summed E-state index contributed by atoms with van der Waals surface area (Å²) in [4.78, 5) is 12.4. The summed E-state index contributed by atoms with van der Waals surface area (Å²) in [5.41, 5.74) is 0. The number of rotatable bonds is 44. The highest BCUT2D eigenvalue weighted by Gasteiger charge is 2.17. The van der Waals surface area contributed by atoms with Gasteiger partial charge in [-0.25, -0.2) is 0 Å². The second-order valence-corrected chi connectivity index (χ2v) is 16.5. The molecule has 4 heteroatoms. The molecule has 3 N–H and O–H groups in total. The van der Waals surface area contributed by atoms with Crippen molar-refractivity contribution in [2.45, 2.75) is 264 Å². The van der Waals surface area contributed by atoms with E-state index in [1.54, 1.807) is 6.08 Å². The van der Waals surface area contributed by atoms with Crippen LogP contribution >= 0.6 is 0 Å². The number of carbonyl (C=O) groups excluding carboxylic acids is 1.